The molecule has 4 aliphatic rings. The fraction of sp³-hybridized carbons (Fsp3) is 1.00. The van der Waals surface area contributed by atoms with Gasteiger partial charge in [-0.05, 0) is 110 Å². The molecule has 4 rings (SSSR count). The van der Waals surface area contributed by atoms with Crippen molar-refractivity contribution < 1.29 is 38.6 Å². The molecule has 8 N–H and O–H groups in total. The first-order valence-corrected chi connectivity index (χ1v) is 19.4. The SMILES string of the molecule is CC(C)C(CC[C@@H](C)[C@H]1CCC2C3C(CC[C@@]21C)[C@@]1(C)CC[C@H]([NH2+]CCC[NH2+]CCCC[NH3+])CC1C[C@H]3O)OS(=O)(=O)[O-]. The molecule has 4 aliphatic carbocycles. The summed E-state index contributed by atoms with van der Waals surface area (Å²) in [5.41, 5.74) is 4.51. The minimum Gasteiger partial charge on any atom is -0.726 e. The van der Waals surface area contributed by atoms with Crippen molar-refractivity contribution in [3.05, 3.63) is 0 Å². The standard InChI is InChI=1S/C34H65N3O5S/c1-23(2)31(42-43(39,40)41)12-9-24(3)27-10-11-28-32-29(14-16-34(27,28)5)33(4)15-13-26(21-25(33)22-30(32)38)37-20-8-19-36-18-7-6-17-35/h23-32,36-38H,6-22,35H2,1-5H3,(H,39,40,41)/p+2/t24-,25?,26+,27-,28?,29?,30-,31?,32?,33+,34-/m1/s1. The second-order valence-corrected chi connectivity index (χ2v) is 17.2. The highest BCUT2D eigenvalue weighted by Gasteiger charge is 2.63. The molecular weight excluding hydrogens is 562 g/mol. The number of quaternary nitrogens is 3. The van der Waals surface area contributed by atoms with Crippen LogP contribution in [0.3, 0.4) is 0 Å². The minimum absolute atomic E-state index is 0.0195. The molecule has 252 valence electrons. The van der Waals surface area contributed by atoms with Crippen LogP contribution in [0.2, 0.25) is 0 Å². The molecule has 0 spiro atoms. The molecule has 11 atom stereocenters. The van der Waals surface area contributed by atoms with Crippen molar-refractivity contribution >= 4 is 10.4 Å². The first kappa shape index (κ1) is 35.6. The zero-order valence-electron chi connectivity index (χ0n) is 28.1. The van der Waals surface area contributed by atoms with Gasteiger partial charge in [-0.25, -0.2) is 8.42 Å². The van der Waals surface area contributed by atoms with Gasteiger partial charge in [0.05, 0.1) is 44.4 Å². The van der Waals surface area contributed by atoms with Crippen LogP contribution >= 0.6 is 0 Å². The molecule has 4 saturated carbocycles. The van der Waals surface area contributed by atoms with Gasteiger partial charge >= 0.3 is 0 Å². The molecule has 0 amide bonds. The van der Waals surface area contributed by atoms with E-state index in [0.29, 0.717) is 53.4 Å². The monoisotopic (exact) mass is 629 g/mol. The Hall–Kier alpha value is -0.290. The zero-order valence-corrected chi connectivity index (χ0v) is 29.0. The summed E-state index contributed by atoms with van der Waals surface area (Å²) in [5, 5.41) is 16.9. The number of unbranched alkanes of at least 4 members (excludes halogenated alkanes) is 1. The van der Waals surface area contributed by atoms with Gasteiger partial charge in [-0.3, -0.25) is 4.18 Å². The molecule has 0 aromatic heterocycles. The predicted molar refractivity (Wildman–Crippen MR) is 168 cm³/mol. The topological polar surface area (TPSA) is 148 Å². The van der Waals surface area contributed by atoms with Gasteiger partial charge in [-0.1, -0.05) is 34.6 Å². The molecule has 0 radical (unpaired) electrons. The van der Waals surface area contributed by atoms with Crippen LogP contribution < -0.4 is 16.4 Å². The third-order valence-electron chi connectivity index (χ3n) is 13.4. The Balaban J connectivity index is 1.32. The third kappa shape index (κ3) is 8.36. The minimum atomic E-state index is -4.70. The van der Waals surface area contributed by atoms with Crippen LogP contribution in [0.1, 0.15) is 118 Å². The molecule has 0 aromatic rings. The molecule has 0 saturated heterocycles. The lowest BCUT2D eigenvalue weighted by molar-refractivity contribution is -0.705. The highest BCUT2D eigenvalue weighted by molar-refractivity contribution is 7.80. The van der Waals surface area contributed by atoms with E-state index in [9.17, 15) is 18.1 Å². The van der Waals surface area contributed by atoms with Gasteiger partial charge in [-0.15, -0.1) is 0 Å². The molecule has 0 heterocycles. The second-order valence-electron chi connectivity index (χ2n) is 16.2. The van der Waals surface area contributed by atoms with Crippen LogP contribution in [0.15, 0.2) is 0 Å². The van der Waals surface area contributed by atoms with Crippen molar-refractivity contribution in [1.82, 2.24) is 0 Å². The van der Waals surface area contributed by atoms with Gasteiger partial charge < -0.3 is 26.0 Å². The van der Waals surface area contributed by atoms with Gasteiger partial charge in [0.2, 0.25) is 10.4 Å². The van der Waals surface area contributed by atoms with Crippen LogP contribution in [0.5, 0.6) is 0 Å². The smallest absolute Gasteiger partial charge is 0.217 e. The van der Waals surface area contributed by atoms with Gasteiger partial charge in [0, 0.05) is 25.7 Å². The number of rotatable bonds is 16. The third-order valence-corrected chi connectivity index (χ3v) is 13.9. The highest BCUT2D eigenvalue weighted by Crippen LogP contribution is 2.68. The van der Waals surface area contributed by atoms with Gasteiger partial charge in [0.25, 0.3) is 0 Å². The van der Waals surface area contributed by atoms with E-state index in [1.807, 2.05) is 13.8 Å². The molecule has 9 heteroatoms. The highest BCUT2D eigenvalue weighted by atomic mass is 32.3. The van der Waals surface area contributed by atoms with Crippen molar-refractivity contribution in [3.8, 4) is 0 Å². The number of fused-ring (bicyclic) bond motifs is 5. The lowest BCUT2D eigenvalue weighted by Crippen LogP contribution is -2.92. The first-order chi connectivity index (χ1) is 20.3. The Kier molecular flexibility index (Phi) is 12.5. The van der Waals surface area contributed by atoms with Gasteiger partial charge in [-0.2, -0.15) is 0 Å². The van der Waals surface area contributed by atoms with Crippen LogP contribution in [0, 0.1) is 52.3 Å². The van der Waals surface area contributed by atoms with E-state index in [1.54, 1.807) is 0 Å². The van der Waals surface area contributed by atoms with E-state index in [-0.39, 0.29) is 17.4 Å². The maximum absolute atomic E-state index is 11.8. The summed E-state index contributed by atoms with van der Waals surface area (Å²) >= 11 is 0. The van der Waals surface area contributed by atoms with E-state index in [1.165, 1.54) is 83.8 Å². The molecule has 0 bridgehead atoms. The van der Waals surface area contributed by atoms with E-state index in [4.69, 9.17) is 4.18 Å². The Morgan fingerprint density at radius 1 is 0.930 bits per heavy atom. The van der Waals surface area contributed by atoms with Crippen LogP contribution in [0.25, 0.3) is 0 Å². The summed E-state index contributed by atoms with van der Waals surface area (Å²) < 4.78 is 38.8. The van der Waals surface area contributed by atoms with E-state index in [0.717, 1.165) is 19.4 Å². The van der Waals surface area contributed by atoms with Crippen LogP contribution in [-0.4, -0.2) is 62.5 Å². The summed E-state index contributed by atoms with van der Waals surface area (Å²) in [5.74, 6) is 3.23. The Morgan fingerprint density at radius 2 is 1.63 bits per heavy atom. The van der Waals surface area contributed by atoms with Crippen molar-refractivity contribution in [2.45, 2.75) is 136 Å². The fourth-order valence-electron chi connectivity index (χ4n) is 10.9. The Bertz CT molecular complexity index is 981. The fourth-order valence-corrected chi connectivity index (χ4v) is 11.6. The van der Waals surface area contributed by atoms with Crippen molar-refractivity contribution in [2.24, 2.45) is 52.3 Å². The van der Waals surface area contributed by atoms with E-state index in [2.05, 4.69) is 37.1 Å². The van der Waals surface area contributed by atoms with Gasteiger partial charge in [0.1, 0.15) is 0 Å². The summed E-state index contributed by atoms with van der Waals surface area (Å²) in [6.45, 7) is 16.0. The molecule has 5 unspecified atom stereocenters. The normalized spacial score (nSPS) is 39.2. The van der Waals surface area contributed by atoms with Crippen molar-refractivity contribution in [2.75, 3.05) is 26.2 Å². The summed E-state index contributed by atoms with van der Waals surface area (Å²) in [6.07, 6.45) is 14.3. The Morgan fingerprint density at radius 3 is 2.33 bits per heavy atom. The molecule has 4 fully saturated rings. The van der Waals surface area contributed by atoms with Crippen molar-refractivity contribution in [3.63, 3.8) is 0 Å². The van der Waals surface area contributed by atoms with Crippen LogP contribution in [-0.2, 0) is 14.6 Å². The van der Waals surface area contributed by atoms with E-state index >= 15 is 0 Å². The predicted octanol–water partition coefficient (Wildman–Crippen LogP) is 2.44. The quantitative estimate of drug-likeness (QED) is 0.118. The van der Waals surface area contributed by atoms with Crippen LogP contribution in [0.4, 0.5) is 0 Å². The van der Waals surface area contributed by atoms with E-state index < -0.39 is 16.5 Å². The largest absolute Gasteiger partial charge is 0.726 e. The number of aliphatic hydroxyl groups excluding tert-OH is 1. The second kappa shape index (κ2) is 15.1. The molecule has 43 heavy (non-hydrogen) atoms. The maximum Gasteiger partial charge on any atom is 0.217 e. The first-order valence-electron chi connectivity index (χ1n) is 18.1. The number of hydrogen-bond acceptors (Lipinski definition) is 5. The van der Waals surface area contributed by atoms with Crippen molar-refractivity contribution in [1.29, 1.82) is 0 Å². The molecular formula is C34H67N3O5S+2. The molecule has 0 aromatic carbocycles. The average Bonchev–Trinajstić information content (AvgIpc) is 3.29. The summed E-state index contributed by atoms with van der Waals surface area (Å²) in [6, 6.07) is 0.716. The van der Waals surface area contributed by atoms with Gasteiger partial charge in [0.15, 0.2) is 0 Å². The lowest BCUT2D eigenvalue weighted by atomic mass is 9.43. The maximum atomic E-state index is 11.8. The molecule has 0 aliphatic heterocycles. The lowest BCUT2D eigenvalue weighted by Gasteiger charge is -2.62. The molecule has 8 nitrogen and oxygen atoms in total. The zero-order chi connectivity index (χ0) is 31.4. The number of nitrogens with two attached hydrogens (primary N) is 2. The number of hydrogen-bond donors (Lipinski definition) is 4. The summed E-state index contributed by atoms with van der Waals surface area (Å²) in [7, 11) is -4.70. The summed E-state index contributed by atoms with van der Waals surface area (Å²) in [4.78, 5) is 0. The Labute approximate surface area is 263 Å². The average molecular weight is 630 g/mol. The number of aliphatic hydroxyl groups is 1.